The summed E-state index contributed by atoms with van der Waals surface area (Å²) >= 11 is 2.03. The van der Waals surface area contributed by atoms with Crippen molar-refractivity contribution >= 4 is 11.3 Å². The van der Waals surface area contributed by atoms with Crippen molar-refractivity contribution in [1.29, 1.82) is 0 Å². The Hall–Kier alpha value is -0.560. The zero-order chi connectivity index (χ0) is 13.4. The Morgan fingerprint density at radius 3 is 2.56 bits per heavy atom. The van der Waals surface area contributed by atoms with Crippen molar-refractivity contribution in [2.45, 2.75) is 65.7 Å². The summed E-state index contributed by atoms with van der Waals surface area (Å²) in [5, 5.41) is 0. The fraction of sp³-hybridized carbons (Fsp3) is 0.647. The summed E-state index contributed by atoms with van der Waals surface area (Å²) in [7, 11) is 0. The minimum atomic E-state index is 0.740. The van der Waals surface area contributed by atoms with E-state index in [1.54, 1.807) is 9.75 Å². The SMILES string of the molecule is CC/C=C\CC(CCC)c1ccc(CC(C)C)s1. The van der Waals surface area contributed by atoms with Crippen LogP contribution in [0.15, 0.2) is 24.3 Å². The lowest BCUT2D eigenvalue weighted by Crippen LogP contribution is -1.94. The Balaban J connectivity index is 2.66. The maximum absolute atomic E-state index is 2.36. The third-order valence-electron chi connectivity index (χ3n) is 3.15. The monoisotopic (exact) mass is 264 g/mol. The minimum Gasteiger partial charge on any atom is -0.145 e. The van der Waals surface area contributed by atoms with Gasteiger partial charge in [-0.1, -0.05) is 46.3 Å². The molecule has 0 spiro atoms. The summed E-state index contributed by atoms with van der Waals surface area (Å²) in [6, 6.07) is 4.70. The van der Waals surface area contributed by atoms with Gasteiger partial charge < -0.3 is 0 Å². The maximum Gasteiger partial charge on any atom is 0.00822 e. The maximum atomic E-state index is 2.36. The normalized spacial score (nSPS) is 13.6. The van der Waals surface area contributed by atoms with Crippen LogP contribution in [0, 0.1) is 5.92 Å². The van der Waals surface area contributed by atoms with E-state index in [0.29, 0.717) is 0 Å². The van der Waals surface area contributed by atoms with E-state index in [1.165, 1.54) is 25.7 Å². The summed E-state index contributed by atoms with van der Waals surface area (Å²) in [5.74, 6) is 1.50. The highest BCUT2D eigenvalue weighted by molar-refractivity contribution is 7.12. The minimum absolute atomic E-state index is 0.740. The van der Waals surface area contributed by atoms with Crippen LogP contribution in [0.25, 0.3) is 0 Å². The lowest BCUT2D eigenvalue weighted by atomic mass is 9.97. The first-order valence-electron chi connectivity index (χ1n) is 7.40. The molecule has 102 valence electrons. The van der Waals surface area contributed by atoms with Crippen LogP contribution in [-0.4, -0.2) is 0 Å². The van der Waals surface area contributed by atoms with Gasteiger partial charge in [-0.25, -0.2) is 0 Å². The van der Waals surface area contributed by atoms with Gasteiger partial charge in [-0.2, -0.15) is 0 Å². The lowest BCUT2D eigenvalue weighted by Gasteiger charge is -2.12. The van der Waals surface area contributed by atoms with E-state index in [4.69, 9.17) is 0 Å². The first-order chi connectivity index (χ1) is 8.67. The molecule has 0 amide bonds. The third kappa shape index (κ3) is 5.39. The number of hydrogen-bond donors (Lipinski definition) is 0. The fourth-order valence-corrected chi connectivity index (χ4v) is 3.65. The summed E-state index contributed by atoms with van der Waals surface area (Å²) in [6.45, 7) is 9.09. The molecule has 0 aliphatic rings. The van der Waals surface area contributed by atoms with E-state index >= 15 is 0 Å². The fourth-order valence-electron chi connectivity index (χ4n) is 2.28. The molecule has 0 fully saturated rings. The highest BCUT2D eigenvalue weighted by atomic mass is 32.1. The second kappa shape index (κ2) is 8.53. The molecule has 1 heterocycles. The van der Waals surface area contributed by atoms with Crippen LogP contribution in [0.4, 0.5) is 0 Å². The van der Waals surface area contributed by atoms with Crippen LogP contribution < -0.4 is 0 Å². The van der Waals surface area contributed by atoms with Gasteiger partial charge in [0.15, 0.2) is 0 Å². The first-order valence-corrected chi connectivity index (χ1v) is 8.22. The van der Waals surface area contributed by atoms with E-state index in [-0.39, 0.29) is 0 Å². The van der Waals surface area contributed by atoms with E-state index < -0.39 is 0 Å². The molecule has 1 aromatic rings. The molecule has 0 aliphatic heterocycles. The zero-order valence-electron chi connectivity index (χ0n) is 12.4. The van der Waals surface area contributed by atoms with Gasteiger partial charge in [0.1, 0.15) is 0 Å². The Labute approximate surface area is 117 Å². The predicted octanol–water partition coefficient (Wildman–Crippen LogP) is 6.19. The molecule has 0 bridgehead atoms. The standard InChI is InChI=1S/C17H28S/c1-5-7-8-10-15(9-6-2)17-12-11-16(18-17)13-14(3)4/h7-8,11-12,14-15H,5-6,9-10,13H2,1-4H3/b8-7-. The highest BCUT2D eigenvalue weighted by Crippen LogP contribution is 2.32. The topological polar surface area (TPSA) is 0 Å². The molecule has 18 heavy (non-hydrogen) atoms. The summed E-state index contributed by atoms with van der Waals surface area (Å²) in [6.07, 6.45) is 10.9. The number of thiophene rings is 1. The van der Waals surface area contributed by atoms with Crippen molar-refractivity contribution in [3.8, 4) is 0 Å². The molecule has 1 rings (SSSR count). The van der Waals surface area contributed by atoms with Crippen LogP contribution in [0.1, 0.15) is 69.1 Å². The van der Waals surface area contributed by atoms with Crippen molar-refractivity contribution < 1.29 is 0 Å². The molecule has 0 aliphatic carbocycles. The molecule has 0 saturated heterocycles. The largest absolute Gasteiger partial charge is 0.145 e. The van der Waals surface area contributed by atoms with Gasteiger partial charge in [-0.3, -0.25) is 0 Å². The predicted molar refractivity (Wildman–Crippen MR) is 84.6 cm³/mol. The quantitative estimate of drug-likeness (QED) is 0.491. The van der Waals surface area contributed by atoms with Crippen LogP contribution in [0.3, 0.4) is 0 Å². The Kier molecular flexibility index (Phi) is 7.34. The van der Waals surface area contributed by atoms with Crippen LogP contribution >= 0.6 is 11.3 Å². The zero-order valence-corrected chi connectivity index (χ0v) is 13.2. The molecular weight excluding hydrogens is 236 g/mol. The van der Waals surface area contributed by atoms with Crippen LogP contribution in [0.5, 0.6) is 0 Å². The van der Waals surface area contributed by atoms with E-state index in [2.05, 4.69) is 52.0 Å². The number of rotatable bonds is 8. The molecule has 0 aromatic carbocycles. The number of allylic oxidation sites excluding steroid dienone is 2. The third-order valence-corrected chi connectivity index (χ3v) is 4.42. The Morgan fingerprint density at radius 2 is 1.94 bits per heavy atom. The summed E-state index contributed by atoms with van der Waals surface area (Å²) in [4.78, 5) is 3.15. The lowest BCUT2D eigenvalue weighted by molar-refractivity contribution is 0.629. The van der Waals surface area contributed by atoms with Crippen molar-refractivity contribution in [3.05, 3.63) is 34.0 Å². The van der Waals surface area contributed by atoms with Gasteiger partial charge in [-0.15, -0.1) is 11.3 Å². The van der Waals surface area contributed by atoms with Crippen molar-refractivity contribution in [3.63, 3.8) is 0 Å². The summed E-state index contributed by atoms with van der Waals surface area (Å²) < 4.78 is 0. The molecule has 1 atom stereocenters. The molecule has 0 nitrogen and oxygen atoms in total. The second-order valence-electron chi connectivity index (χ2n) is 5.50. The summed E-state index contributed by atoms with van der Waals surface area (Å²) in [5.41, 5.74) is 0. The van der Waals surface area contributed by atoms with Crippen molar-refractivity contribution in [2.75, 3.05) is 0 Å². The molecule has 0 saturated carbocycles. The van der Waals surface area contributed by atoms with Gasteiger partial charge in [-0.05, 0) is 49.7 Å². The van der Waals surface area contributed by atoms with Crippen molar-refractivity contribution in [2.24, 2.45) is 5.92 Å². The Bertz CT molecular complexity index is 346. The van der Waals surface area contributed by atoms with Crippen molar-refractivity contribution in [1.82, 2.24) is 0 Å². The second-order valence-corrected chi connectivity index (χ2v) is 6.70. The first kappa shape index (κ1) is 15.5. The van der Waals surface area contributed by atoms with E-state index in [0.717, 1.165) is 18.3 Å². The van der Waals surface area contributed by atoms with Gasteiger partial charge in [0.2, 0.25) is 0 Å². The molecule has 1 unspecified atom stereocenters. The van der Waals surface area contributed by atoms with Gasteiger partial charge in [0.05, 0.1) is 0 Å². The van der Waals surface area contributed by atoms with Gasteiger partial charge in [0, 0.05) is 9.75 Å². The van der Waals surface area contributed by atoms with Gasteiger partial charge in [0.25, 0.3) is 0 Å². The van der Waals surface area contributed by atoms with Crippen LogP contribution in [0.2, 0.25) is 0 Å². The highest BCUT2D eigenvalue weighted by Gasteiger charge is 2.12. The molecule has 1 aromatic heterocycles. The average molecular weight is 264 g/mol. The molecule has 0 radical (unpaired) electrons. The smallest absolute Gasteiger partial charge is 0.00822 e. The van der Waals surface area contributed by atoms with Gasteiger partial charge >= 0.3 is 0 Å². The molecular formula is C17H28S. The van der Waals surface area contributed by atoms with Crippen LogP contribution in [-0.2, 0) is 6.42 Å². The van der Waals surface area contributed by atoms with E-state index in [1.807, 2.05) is 11.3 Å². The Morgan fingerprint density at radius 1 is 1.17 bits per heavy atom. The van der Waals surface area contributed by atoms with E-state index in [9.17, 15) is 0 Å². The number of hydrogen-bond acceptors (Lipinski definition) is 1. The molecule has 0 N–H and O–H groups in total. The molecule has 1 heteroatoms. The average Bonchev–Trinajstić information content (AvgIpc) is 2.75.